The van der Waals surface area contributed by atoms with Crippen molar-refractivity contribution in [2.75, 3.05) is 42.9 Å². The highest BCUT2D eigenvalue weighted by Gasteiger charge is 2.26. The van der Waals surface area contributed by atoms with Crippen LogP contribution in [-0.2, 0) is 6.54 Å². The smallest absolute Gasteiger partial charge is 0.255 e. The lowest BCUT2D eigenvalue weighted by atomic mass is 10.2. The number of benzene rings is 2. The maximum Gasteiger partial charge on any atom is 0.255 e. The maximum absolute atomic E-state index is 13.0. The molecule has 0 aliphatic carbocycles. The molecular formula is C26H25Cl2N7O. The average Bonchev–Trinajstić information content (AvgIpc) is 3.30. The summed E-state index contributed by atoms with van der Waals surface area (Å²) in [6.45, 7) is 7.24. The third-order valence-electron chi connectivity index (χ3n) is 6.07. The van der Waals surface area contributed by atoms with E-state index in [-0.39, 0.29) is 5.91 Å². The summed E-state index contributed by atoms with van der Waals surface area (Å²) in [7, 11) is 0. The minimum Gasteiger partial charge on any atom is -0.365 e. The van der Waals surface area contributed by atoms with Gasteiger partial charge in [-0.25, -0.2) is 4.98 Å². The summed E-state index contributed by atoms with van der Waals surface area (Å²) in [5, 5.41) is 4.15. The molecule has 0 unspecified atom stereocenters. The van der Waals surface area contributed by atoms with Crippen molar-refractivity contribution >= 4 is 52.0 Å². The van der Waals surface area contributed by atoms with Crippen molar-refractivity contribution in [2.24, 2.45) is 0 Å². The Morgan fingerprint density at radius 3 is 2.56 bits per heavy atom. The van der Waals surface area contributed by atoms with E-state index >= 15 is 0 Å². The van der Waals surface area contributed by atoms with E-state index in [4.69, 9.17) is 33.2 Å². The highest BCUT2D eigenvalue weighted by atomic mass is 35.5. The number of halogens is 2. The van der Waals surface area contributed by atoms with Crippen LogP contribution in [-0.4, -0.2) is 63.0 Å². The zero-order valence-electron chi connectivity index (χ0n) is 19.6. The van der Waals surface area contributed by atoms with Crippen molar-refractivity contribution < 1.29 is 4.79 Å². The van der Waals surface area contributed by atoms with Gasteiger partial charge in [0, 0.05) is 37.7 Å². The molecule has 0 radical (unpaired) electrons. The van der Waals surface area contributed by atoms with Gasteiger partial charge in [0.05, 0.1) is 23.5 Å². The number of nitrogens with one attached hydrogen (secondary N) is 1. The van der Waals surface area contributed by atoms with Gasteiger partial charge < -0.3 is 19.7 Å². The topological polar surface area (TPSA) is 79.2 Å². The lowest BCUT2D eigenvalue weighted by Gasteiger charge is -2.35. The predicted molar refractivity (Wildman–Crippen MR) is 144 cm³/mol. The Bertz CT molecular complexity index is 1400. The molecule has 1 N–H and O–H groups in total. The van der Waals surface area contributed by atoms with Crippen molar-refractivity contribution in [1.29, 1.82) is 0 Å². The summed E-state index contributed by atoms with van der Waals surface area (Å²) in [5.74, 6) is 1.15. The third kappa shape index (κ3) is 5.01. The van der Waals surface area contributed by atoms with Crippen LogP contribution in [0.5, 0.6) is 0 Å². The lowest BCUT2D eigenvalue weighted by Crippen LogP contribution is -2.49. The summed E-state index contributed by atoms with van der Waals surface area (Å²) in [6, 6.07) is 15.1. The Morgan fingerprint density at radius 2 is 1.83 bits per heavy atom. The molecule has 2 aromatic heterocycles. The maximum atomic E-state index is 13.0. The van der Waals surface area contributed by atoms with E-state index in [2.05, 4.69) is 33.9 Å². The first-order valence-electron chi connectivity index (χ1n) is 11.6. The fraction of sp³-hybridized carbons (Fsp3) is 0.231. The summed E-state index contributed by atoms with van der Waals surface area (Å²) in [5.41, 5.74) is 3.07. The number of aromatic nitrogens is 4. The number of hydrogen-bond acceptors (Lipinski definition) is 6. The van der Waals surface area contributed by atoms with Crippen LogP contribution in [0.4, 0.5) is 11.8 Å². The molecule has 5 rings (SSSR count). The number of amides is 1. The van der Waals surface area contributed by atoms with Gasteiger partial charge in [-0.3, -0.25) is 4.79 Å². The molecule has 0 atom stereocenters. The van der Waals surface area contributed by atoms with Crippen LogP contribution < -0.4 is 10.2 Å². The minimum absolute atomic E-state index is 0.109. The number of anilines is 2. The molecule has 1 amide bonds. The van der Waals surface area contributed by atoms with E-state index in [9.17, 15) is 4.79 Å². The molecule has 1 saturated heterocycles. The molecule has 10 heteroatoms. The minimum atomic E-state index is -0.109. The molecule has 2 aromatic carbocycles. The van der Waals surface area contributed by atoms with Gasteiger partial charge in [0.1, 0.15) is 0 Å². The van der Waals surface area contributed by atoms with Crippen molar-refractivity contribution in [2.45, 2.75) is 6.54 Å². The Kier molecular flexibility index (Phi) is 7.06. The van der Waals surface area contributed by atoms with Gasteiger partial charge in [-0.1, -0.05) is 59.6 Å². The summed E-state index contributed by atoms with van der Waals surface area (Å²) in [6.07, 6.45) is 3.57. The van der Waals surface area contributed by atoms with Crippen molar-refractivity contribution in [3.8, 4) is 0 Å². The number of piperazine rings is 1. The van der Waals surface area contributed by atoms with E-state index in [0.29, 0.717) is 72.2 Å². The monoisotopic (exact) mass is 521 g/mol. The molecule has 36 heavy (non-hydrogen) atoms. The lowest BCUT2D eigenvalue weighted by molar-refractivity contribution is 0.0746. The summed E-state index contributed by atoms with van der Waals surface area (Å²) in [4.78, 5) is 31.2. The number of hydrogen-bond donors (Lipinski definition) is 1. The first-order valence-corrected chi connectivity index (χ1v) is 12.4. The van der Waals surface area contributed by atoms with Crippen LogP contribution >= 0.6 is 23.2 Å². The van der Waals surface area contributed by atoms with Gasteiger partial charge in [-0.2, -0.15) is 9.97 Å². The fourth-order valence-electron chi connectivity index (χ4n) is 4.20. The highest BCUT2D eigenvalue weighted by Crippen LogP contribution is 2.26. The molecule has 1 aliphatic heterocycles. The van der Waals surface area contributed by atoms with Crippen LogP contribution in [0.2, 0.25) is 10.0 Å². The number of fused-ring (bicyclic) bond motifs is 1. The Labute approximate surface area is 219 Å². The molecule has 184 valence electrons. The standard InChI is InChI=1S/C26H25Cl2N7O/c1-2-10-29-23-22-24(35(17-30-22)16-18-6-4-3-5-7-18)32-26(31-23)34-13-11-33(12-14-34)25(36)20-9-8-19(27)15-21(20)28/h2-9,15,17H,1,10-14,16H2,(H,29,31,32). The largest absolute Gasteiger partial charge is 0.365 e. The van der Waals surface area contributed by atoms with Gasteiger partial charge in [-0.15, -0.1) is 6.58 Å². The first-order chi connectivity index (χ1) is 17.5. The molecular weight excluding hydrogens is 497 g/mol. The van der Waals surface area contributed by atoms with E-state index in [1.54, 1.807) is 35.5 Å². The van der Waals surface area contributed by atoms with Crippen LogP contribution in [0.3, 0.4) is 0 Å². The SMILES string of the molecule is C=CCNc1nc(N2CCN(C(=O)c3ccc(Cl)cc3Cl)CC2)nc2c1ncn2Cc1ccccc1. The Hall–Kier alpha value is -3.62. The molecule has 1 aliphatic rings. The Balaban J connectivity index is 1.38. The van der Waals surface area contributed by atoms with Crippen LogP contribution in [0, 0.1) is 0 Å². The molecule has 0 bridgehead atoms. The average molecular weight is 522 g/mol. The van der Waals surface area contributed by atoms with Crippen molar-refractivity contribution in [3.63, 3.8) is 0 Å². The molecule has 3 heterocycles. The number of carbonyl (C=O) groups excluding carboxylic acids is 1. The van der Waals surface area contributed by atoms with E-state index in [0.717, 1.165) is 11.2 Å². The van der Waals surface area contributed by atoms with Crippen LogP contribution in [0.1, 0.15) is 15.9 Å². The second-order valence-electron chi connectivity index (χ2n) is 8.48. The fourth-order valence-corrected chi connectivity index (χ4v) is 4.69. The van der Waals surface area contributed by atoms with Gasteiger partial charge in [0.15, 0.2) is 17.0 Å². The highest BCUT2D eigenvalue weighted by molar-refractivity contribution is 6.36. The first kappa shape index (κ1) is 24.1. The quantitative estimate of drug-likeness (QED) is 0.354. The summed E-state index contributed by atoms with van der Waals surface area (Å²) < 4.78 is 2.03. The Morgan fingerprint density at radius 1 is 1.06 bits per heavy atom. The number of nitrogens with zero attached hydrogens (tertiary/aromatic N) is 6. The van der Waals surface area contributed by atoms with Crippen molar-refractivity contribution in [1.82, 2.24) is 24.4 Å². The van der Waals surface area contributed by atoms with Gasteiger partial charge in [-0.05, 0) is 23.8 Å². The van der Waals surface area contributed by atoms with Gasteiger partial charge >= 0.3 is 0 Å². The molecule has 1 fully saturated rings. The van der Waals surface area contributed by atoms with Gasteiger partial charge in [0.25, 0.3) is 5.91 Å². The van der Waals surface area contributed by atoms with Crippen LogP contribution in [0.25, 0.3) is 11.2 Å². The zero-order valence-corrected chi connectivity index (χ0v) is 21.1. The van der Waals surface area contributed by atoms with Gasteiger partial charge in [0.2, 0.25) is 5.95 Å². The predicted octanol–water partition coefficient (Wildman–Crippen LogP) is 4.74. The molecule has 8 nitrogen and oxygen atoms in total. The van der Waals surface area contributed by atoms with E-state index in [1.807, 2.05) is 22.8 Å². The number of carbonyl (C=O) groups is 1. The number of rotatable bonds is 7. The number of imidazole rings is 1. The molecule has 0 saturated carbocycles. The molecule has 4 aromatic rings. The van der Waals surface area contributed by atoms with E-state index in [1.165, 1.54) is 0 Å². The normalized spacial score (nSPS) is 13.7. The zero-order chi connectivity index (χ0) is 25.1. The second-order valence-corrected chi connectivity index (χ2v) is 9.32. The molecule has 0 spiro atoms. The second kappa shape index (κ2) is 10.6. The van der Waals surface area contributed by atoms with Crippen molar-refractivity contribution in [3.05, 3.63) is 88.7 Å². The summed E-state index contributed by atoms with van der Waals surface area (Å²) >= 11 is 12.2. The van der Waals surface area contributed by atoms with E-state index < -0.39 is 0 Å². The third-order valence-corrected chi connectivity index (χ3v) is 6.62. The van der Waals surface area contributed by atoms with Crippen LogP contribution in [0.15, 0.2) is 67.5 Å².